The largest absolute Gasteiger partial charge is 0.496 e. The highest BCUT2D eigenvalue weighted by molar-refractivity contribution is 7.92. The van der Waals surface area contributed by atoms with Crippen molar-refractivity contribution in [1.82, 2.24) is 4.90 Å². The molecular weight excluding hydrogens is 388 g/mol. The summed E-state index contributed by atoms with van der Waals surface area (Å²) in [4.78, 5) is 14.9. The van der Waals surface area contributed by atoms with Crippen LogP contribution < -0.4 is 9.46 Å². The third-order valence-corrected chi connectivity index (χ3v) is 6.74. The maximum absolute atomic E-state index is 13.1. The number of carbonyl (C=O) groups excluding carboxylic acids is 1. The van der Waals surface area contributed by atoms with Crippen molar-refractivity contribution < 1.29 is 17.9 Å². The third kappa shape index (κ3) is 4.90. The minimum Gasteiger partial charge on any atom is -0.496 e. The zero-order valence-electron chi connectivity index (χ0n) is 17.2. The maximum Gasteiger partial charge on any atom is 0.261 e. The van der Waals surface area contributed by atoms with E-state index in [2.05, 4.69) is 4.72 Å². The lowest BCUT2D eigenvalue weighted by molar-refractivity contribution is 0.0758. The second-order valence-corrected chi connectivity index (χ2v) is 9.16. The first-order valence-corrected chi connectivity index (χ1v) is 11.4. The summed E-state index contributed by atoms with van der Waals surface area (Å²) in [5.41, 5.74) is 2.85. The van der Waals surface area contributed by atoms with E-state index in [4.69, 9.17) is 4.74 Å². The molecule has 7 heteroatoms. The van der Waals surface area contributed by atoms with Gasteiger partial charge in [0, 0.05) is 18.8 Å². The maximum atomic E-state index is 13.1. The van der Waals surface area contributed by atoms with E-state index in [0.29, 0.717) is 24.5 Å². The summed E-state index contributed by atoms with van der Waals surface area (Å²) in [6, 6.07) is 9.80. The van der Waals surface area contributed by atoms with Crippen molar-refractivity contribution in [3.63, 3.8) is 0 Å². The van der Waals surface area contributed by atoms with Gasteiger partial charge in [-0.15, -0.1) is 0 Å². The molecule has 0 radical (unpaired) electrons. The van der Waals surface area contributed by atoms with Gasteiger partial charge in [0.2, 0.25) is 0 Å². The van der Waals surface area contributed by atoms with Gasteiger partial charge in [-0.05, 0) is 68.1 Å². The van der Waals surface area contributed by atoms with Gasteiger partial charge < -0.3 is 9.64 Å². The summed E-state index contributed by atoms with van der Waals surface area (Å²) >= 11 is 0. The average Bonchev–Trinajstić information content (AvgIpc) is 2.99. The Labute approximate surface area is 172 Å². The number of rotatable bonds is 5. The van der Waals surface area contributed by atoms with Crippen LogP contribution >= 0.6 is 0 Å². The van der Waals surface area contributed by atoms with Crippen LogP contribution in [0.3, 0.4) is 0 Å². The highest BCUT2D eigenvalue weighted by atomic mass is 32.2. The van der Waals surface area contributed by atoms with Gasteiger partial charge in [0.15, 0.2) is 0 Å². The van der Waals surface area contributed by atoms with Crippen LogP contribution in [0, 0.1) is 13.8 Å². The number of anilines is 1. The van der Waals surface area contributed by atoms with Crippen molar-refractivity contribution in [1.29, 1.82) is 0 Å². The second kappa shape index (κ2) is 8.86. The number of hydrogen-bond acceptors (Lipinski definition) is 4. The fourth-order valence-corrected chi connectivity index (χ4v) is 4.56. The van der Waals surface area contributed by atoms with Crippen LogP contribution in [0.15, 0.2) is 41.3 Å². The van der Waals surface area contributed by atoms with E-state index in [1.165, 1.54) is 19.2 Å². The minimum absolute atomic E-state index is 0.0368. The number of nitrogens with one attached hydrogen (secondary N) is 1. The predicted octanol–water partition coefficient (Wildman–Crippen LogP) is 4.13. The van der Waals surface area contributed by atoms with Crippen LogP contribution in [0.2, 0.25) is 0 Å². The van der Waals surface area contributed by atoms with E-state index in [9.17, 15) is 13.2 Å². The van der Waals surface area contributed by atoms with Crippen molar-refractivity contribution in [3.05, 3.63) is 53.1 Å². The normalized spacial score (nSPS) is 14.9. The first kappa shape index (κ1) is 21.2. The Morgan fingerprint density at radius 1 is 0.966 bits per heavy atom. The highest BCUT2D eigenvalue weighted by Gasteiger charge is 2.24. The van der Waals surface area contributed by atoms with Crippen molar-refractivity contribution >= 4 is 21.6 Å². The van der Waals surface area contributed by atoms with E-state index < -0.39 is 10.0 Å². The SMILES string of the molecule is COc1ccc(S(=O)(=O)Nc2ccc(C)c(C)c2)cc1C(=O)N1CCCCCC1. The quantitative estimate of drug-likeness (QED) is 0.795. The summed E-state index contributed by atoms with van der Waals surface area (Å²) < 4.78 is 33.8. The molecule has 1 fully saturated rings. The van der Waals surface area contributed by atoms with Crippen LogP contribution in [0.4, 0.5) is 5.69 Å². The molecular formula is C22H28N2O4S. The van der Waals surface area contributed by atoms with Crippen molar-refractivity contribution in [2.45, 2.75) is 44.4 Å². The van der Waals surface area contributed by atoms with E-state index >= 15 is 0 Å². The lowest BCUT2D eigenvalue weighted by Gasteiger charge is -2.22. The standard InChI is InChI=1S/C22H28N2O4S/c1-16-8-9-18(14-17(16)2)23-29(26,27)19-10-11-21(28-3)20(15-19)22(25)24-12-6-4-5-7-13-24/h8-11,14-15,23H,4-7,12-13H2,1-3H3. The molecule has 2 aromatic carbocycles. The molecule has 1 N–H and O–H groups in total. The molecule has 0 aliphatic carbocycles. The van der Waals surface area contributed by atoms with Crippen molar-refractivity contribution in [2.75, 3.05) is 24.9 Å². The molecule has 3 rings (SSSR count). The number of ether oxygens (including phenoxy) is 1. The Kier molecular flexibility index (Phi) is 6.47. The van der Waals surface area contributed by atoms with Crippen LogP contribution in [-0.4, -0.2) is 39.4 Å². The summed E-state index contributed by atoms with van der Waals surface area (Å²) in [6.45, 7) is 5.26. The Morgan fingerprint density at radius 3 is 2.28 bits per heavy atom. The molecule has 1 heterocycles. The topological polar surface area (TPSA) is 75.7 Å². The molecule has 156 valence electrons. The van der Waals surface area contributed by atoms with Gasteiger partial charge in [-0.2, -0.15) is 0 Å². The molecule has 0 aromatic heterocycles. The van der Waals surface area contributed by atoms with E-state index in [1.54, 1.807) is 23.1 Å². The van der Waals surface area contributed by atoms with Crippen LogP contribution in [-0.2, 0) is 10.0 Å². The molecule has 0 unspecified atom stereocenters. The molecule has 1 amide bonds. The zero-order chi connectivity index (χ0) is 21.0. The number of amides is 1. The Hall–Kier alpha value is -2.54. The number of aryl methyl sites for hydroxylation is 2. The highest BCUT2D eigenvalue weighted by Crippen LogP contribution is 2.27. The summed E-state index contributed by atoms with van der Waals surface area (Å²) in [5.74, 6) is 0.191. The van der Waals surface area contributed by atoms with Crippen LogP contribution in [0.25, 0.3) is 0 Å². The first-order valence-electron chi connectivity index (χ1n) is 9.89. The van der Waals surface area contributed by atoms with Gasteiger partial charge in [0.25, 0.3) is 15.9 Å². The number of hydrogen-bond donors (Lipinski definition) is 1. The van der Waals surface area contributed by atoms with E-state index in [0.717, 1.165) is 36.8 Å². The molecule has 2 aromatic rings. The molecule has 0 atom stereocenters. The van der Waals surface area contributed by atoms with E-state index in [1.807, 2.05) is 19.9 Å². The molecule has 1 aliphatic rings. The smallest absolute Gasteiger partial charge is 0.261 e. The fourth-order valence-electron chi connectivity index (χ4n) is 3.48. The van der Waals surface area contributed by atoms with Gasteiger partial charge >= 0.3 is 0 Å². The molecule has 1 aliphatic heterocycles. The molecule has 0 spiro atoms. The van der Waals surface area contributed by atoms with Gasteiger partial charge in [-0.3, -0.25) is 9.52 Å². The Bertz CT molecular complexity index is 994. The minimum atomic E-state index is -3.84. The number of sulfonamides is 1. The average molecular weight is 417 g/mol. The summed E-state index contributed by atoms with van der Waals surface area (Å²) in [7, 11) is -2.36. The van der Waals surface area contributed by atoms with Crippen molar-refractivity contribution in [3.8, 4) is 5.75 Å². The Morgan fingerprint density at radius 2 is 1.66 bits per heavy atom. The lowest BCUT2D eigenvalue weighted by Crippen LogP contribution is -2.32. The molecule has 1 saturated heterocycles. The second-order valence-electron chi connectivity index (χ2n) is 7.47. The lowest BCUT2D eigenvalue weighted by atomic mass is 10.1. The van der Waals surface area contributed by atoms with Crippen molar-refractivity contribution in [2.24, 2.45) is 0 Å². The van der Waals surface area contributed by atoms with Gasteiger partial charge in [0.05, 0.1) is 17.6 Å². The fraction of sp³-hybridized carbons (Fsp3) is 0.409. The summed E-state index contributed by atoms with van der Waals surface area (Å²) in [6.07, 6.45) is 4.13. The van der Waals surface area contributed by atoms with Crippen LogP contribution in [0.5, 0.6) is 5.75 Å². The molecule has 29 heavy (non-hydrogen) atoms. The number of nitrogens with zero attached hydrogens (tertiary/aromatic N) is 1. The monoisotopic (exact) mass is 416 g/mol. The number of benzene rings is 2. The van der Waals surface area contributed by atoms with Gasteiger partial charge in [-0.1, -0.05) is 18.9 Å². The zero-order valence-corrected chi connectivity index (χ0v) is 18.0. The Balaban J connectivity index is 1.92. The first-order chi connectivity index (χ1) is 13.8. The molecule has 6 nitrogen and oxygen atoms in total. The number of likely N-dealkylation sites (tertiary alicyclic amines) is 1. The summed E-state index contributed by atoms with van der Waals surface area (Å²) in [5, 5.41) is 0. The molecule has 0 saturated carbocycles. The molecule has 0 bridgehead atoms. The number of methoxy groups -OCH3 is 1. The predicted molar refractivity (Wildman–Crippen MR) is 114 cm³/mol. The third-order valence-electron chi connectivity index (χ3n) is 5.36. The van der Waals surface area contributed by atoms with Gasteiger partial charge in [0.1, 0.15) is 5.75 Å². The van der Waals surface area contributed by atoms with Gasteiger partial charge in [-0.25, -0.2) is 8.42 Å². The van der Waals surface area contributed by atoms with Crippen LogP contribution in [0.1, 0.15) is 47.2 Å². The van der Waals surface area contributed by atoms with E-state index in [-0.39, 0.29) is 16.4 Å². The number of carbonyl (C=O) groups is 1.